The van der Waals surface area contributed by atoms with Crippen LogP contribution in [-0.4, -0.2) is 5.75 Å². The first-order chi connectivity index (χ1) is 7.56. The maximum Gasteiger partial charge on any atom is 0.126 e. The van der Waals surface area contributed by atoms with E-state index < -0.39 is 0 Å². The minimum absolute atomic E-state index is 0.112. The van der Waals surface area contributed by atoms with Crippen LogP contribution in [0.2, 0.25) is 0 Å². The summed E-state index contributed by atoms with van der Waals surface area (Å²) in [7, 11) is 0. The van der Waals surface area contributed by atoms with Crippen molar-refractivity contribution in [3.63, 3.8) is 0 Å². The highest BCUT2D eigenvalue weighted by Crippen LogP contribution is 2.29. The second-order valence-electron chi connectivity index (χ2n) is 4.13. The lowest BCUT2D eigenvalue weighted by molar-refractivity contribution is 0.610. The Labute approximate surface area is 102 Å². The molecular formula is C13H20FNS. The number of nitrogens with two attached hydrogens (primary N) is 1. The highest BCUT2D eigenvalue weighted by molar-refractivity contribution is 7.99. The molecule has 0 heterocycles. The molecule has 0 saturated carbocycles. The highest BCUT2D eigenvalue weighted by Gasteiger charge is 2.10. The van der Waals surface area contributed by atoms with Gasteiger partial charge in [-0.3, -0.25) is 0 Å². The molecule has 0 aliphatic heterocycles. The van der Waals surface area contributed by atoms with Gasteiger partial charge in [0.25, 0.3) is 0 Å². The lowest BCUT2D eigenvalue weighted by Gasteiger charge is -2.13. The Bertz CT molecular complexity index is 350. The molecule has 0 fully saturated rings. The summed E-state index contributed by atoms with van der Waals surface area (Å²) in [6.07, 6.45) is 2.36. The minimum atomic E-state index is -0.160. The summed E-state index contributed by atoms with van der Waals surface area (Å²) in [5, 5.41) is 0. The third kappa shape index (κ3) is 3.49. The van der Waals surface area contributed by atoms with Crippen molar-refractivity contribution in [3.8, 4) is 0 Å². The van der Waals surface area contributed by atoms with Gasteiger partial charge in [0.1, 0.15) is 5.82 Å². The molecular weight excluding hydrogens is 221 g/mol. The molecule has 1 atom stereocenters. The van der Waals surface area contributed by atoms with Crippen LogP contribution in [0.5, 0.6) is 0 Å². The van der Waals surface area contributed by atoms with Crippen molar-refractivity contribution in [2.24, 2.45) is 5.73 Å². The average Bonchev–Trinajstić information content (AvgIpc) is 2.23. The summed E-state index contributed by atoms with van der Waals surface area (Å²) in [4.78, 5) is 1.13. The van der Waals surface area contributed by atoms with Gasteiger partial charge in [0.15, 0.2) is 0 Å². The molecule has 0 amide bonds. The van der Waals surface area contributed by atoms with Crippen molar-refractivity contribution in [1.82, 2.24) is 0 Å². The fourth-order valence-electron chi connectivity index (χ4n) is 1.48. The lowest BCUT2D eigenvalue weighted by atomic mass is 10.1. The Morgan fingerprint density at radius 1 is 1.44 bits per heavy atom. The molecule has 0 radical (unpaired) electrons. The van der Waals surface area contributed by atoms with E-state index in [0.29, 0.717) is 5.56 Å². The molecule has 0 aliphatic carbocycles. The van der Waals surface area contributed by atoms with Crippen LogP contribution in [0, 0.1) is 12.7 Å². The molecule has 16 heavy (non-hydrogen) atoms. The number of thioether (sulfide) groups is 1. The average molecular weight is 241 g/mol. The van der Waals surface area contributed by atoms with Gasteiger partial charge in [-0.25, -0.2) is 4.39 Å². The minimum Gasteiger partial charge on any atom is -0.324 e. The Balaban J connectivity index is 2.91. The van der Waals surface area contributed by atoms with Gasteiger partial charge in [-0.05, 0) is 49.3 Å². The number of hydrogen-bond donors (Lipinski definition) is 1. The van der Waals surface area contributed by atoms with Gasteiger partial charge in [0.2, 0.25) is 0 Å². The van der Waals surface area contributed by atoms with E-state index in [2.05, 4.69) is 6.92 Å². The first-order valence-corrected chi connectivity index (χ1v) is 6.73. The number of benzene rings is 1. The third-order valence-corrected chi connectivity index (χ3v) is 3.69. The maximum atomic E-state index is 13.4. The normalized spacial score (nSPS) is 12.8. The summed E-state index contributed by atoms with van der Waals surface area (Å²) in [5.41, 5.74) is 7.48. The zero-order valence-corrected chi connectivity index (χ0v) is 11.0. The van der Waals surface area contributed by atoms with Crippen LogP contribution >= 0.6 is 11.8 Å². The van der Waals surface area contributed by atoms with E-state index in [1.165, 1.54) is 12.8 Å². The second kappa shape index (κ2) is 6.26. The fourth-order valence-corrected chi connectivity index (χ4v) is 2.80. The standard InChI is InChI=1S/C13H20FNS/c1-4-5-6-16-13-7-9(2)12(14)8-11(13)10(3)15/h7-8,10H,4-6,15H2,1-3H3. The maximum absolute atomic E-state index is 13.4. The quantitative estimate of drug-likeness (QED) is 0.622. The fraction of sp³-hybridized carbons (Fsp3) is 0.538. The van der Waals surface area contributed by atoms with Crippen molar-refractivity contribution in [1.29, 1.82) is 0 Å². The molecule has 0 aromatic heterocycles. The van der Waals surface area contributed by atoms with Gasteiger partial charge in [-0.2, -0.15) is 0 Å². The molecule has 2 N–H and O–H groups in total. The van der Waals surface area contributed by atoms with Crippen LogP contribution in [0.25, 0.3) is 0 Å². The molecule has 3 heteroatoms. The number of halogens is 1. The monoisotopic (exact) mass is 241 g/mol. The first-order valence-electron chi connectivity index (χ1n) is 5.74. The van der Waals surface area contributed by atoms with Gasteiger partial charge in [-0.1, -0.05) is 13.3 Å². The summed E-state index contributed by atoms with van der Waals surface area (Å²) in [6, 6.07) is 3.38. The van der Waals surface area contributed by atoms with Gasteiger partial charge in [-0.15, -0.1) is 11.8 Å². The predicted molar refractivity (Wildman–Crippen MR) is 69.4 cm³/mol. The Morgan fingerprint density at radius 3 is 2.69 bits per heavy atom. The second-order valence-corrected chi connectivity index (χ2v) is 5.27. The summed E-state index contributed by atoms with van der Waals surface area (Å²) in [6.45, 7) is 5.86. The van der Waals surface area contributed by atoms with E-state index in [0.717, 1.165) is 16.2 Å². The number of unbranched alkanes of at least 4 members (excludes halogenated alkanes) is 1. The number of aryl methyl sites for hydroxylation is 1. The molecule has 1 aromatic carbocycles. The van der Waals surface area contributed by atoms with Crippen molar-refractivity contribution >= 4 is 11.8 Å². The number of hydrogen-bond acceptors (Lipinski definition) is 2. The van der Waals surface area contributed by atoms with E-state index in [-0.39, 0.29) is 11.9 Å². The molecule has 0 saturated heterocycles. The summed E-state index contributed by atoms with van der Waals surface area (Å²) >= 11 is 1.78. The van der Waals surface area contributed by atoms with Crippen LogP contribution < -0.4 is 5.73 Å². The summed E-state index contributed by atoms with van der Waals surface area (Å²) < 4.78 is 13.4. The molecule has 0 aliphatic rings. The molecule has 90 valence electrons. The molecule has 1 nitrogen and oxygen atoms in total. The van der Waals surface area contributed by atoms with Crippen molar-refractivity contribution in [3.05, 3.63) is 29.1 Å². The molecule has 1 unspecified atom stereocenters. The van der Waals surface area contributed by atoms with E-state index in [4.69, 9.17) is 5.73 Å². The van der Waals surface area contributed by atoms with E-state index in [1.54, 1.807) is 24.8 Å². The highest BCUT2D eigenvalue weighted by atomic mass is 32.2. The predicted octanol–water partition coefficient (Wildman–Crippen LogP) is 4.05. The molecule has 1 aromatic rings. The van der Waals surface area contributed by atoms with Crippen LogP contribution in [0.1, 0.15) is 43.9 Å². The summed E-state index contributed by atoms with van der Waals surface area (Å²) in [5.74, 6) is 0.911. The largest absolute Gasteiger partial charge is 0.324 e. The Hall–Kier alpha value is -0.540. The van der Waals surface area contributed by atoms with Crippen molar-refractivity contribution < 1.29 is 4.39 Å². The van der Waals surface area contributed by atoms with Crippen LogP contribution in [-0.2, 0) is 0 Å². The molecule has 1 rings (SSSR count). The van der Waals surface area contributed by atoms with E-state index in [1.807, 2.05) is 13.0 Å². The zero-order chi connectivity index (χ0) is 12.1. The smallest absolute Gasteiger partial charge is 0.126 e. The molecule has 0 bridgehead atoms. The third-order valence-electron chi connectivity index (χ3n) is 2.54. The van der Waals surface area contributed by atoms with Gasteiger partial charge in [0, 0.05) is 10.9 Å². The van der Waals surface area contributed by atoms with Gasteiger partial charge in [0.05, 0.1) is 0 Å². The van der Waals surface area contributed by atoms with Crippen molar-refractivity contribution in [2.45, 2.75) is 44.6 Å². The zero-order valence-electron chi connectivity index (χ0n) is 10.2. The van der Waals surface area contributed by atoms with Crippen molar-refractivity contribution in [2.75, 3.05) is 5.75 Å². The topological polar surface area (TPSA) is 26.0 Å². The Morgan fingerprint density at radius 2 is 2.12 bits per heavy atom. The molecule has 0 spiro atoms. The lowest BCUT2D eigenvalue weighted by Crippen LogP contribution is -2.07. The van der Waals surface area contributed by atoms with Gasteiger partial charge < -0.3 is 5.73 Å². The first kappa shape index (κ1) is 13.5. The Kier molecular flexibility index (Phi) is 5.29. The van der Waals surface area contributed by atoms with Crippen LogP contribution in [0.15, 0.2) is 17.0 Å². The van der Waals surface area contributed by atoms with Gasteiger partial charge >= 0.3 is 0 Å². The number of rotatable bonds is 5. The SMILES string of the molecule is CCCCSc1cc(C)c(F)cc1C(C)N. The van der Waals surface area contributed by atoms with E-state index >= 15 is 0 Å². The van der Waals surface area contributed by atoms with Crippen LogP contribution in [0.3, 0.4) is 0 Å². The van der Waals surface area contributed by atoms with Crippen LogP contribution in [0.4, 0.5) is 4.39 Å². The van der Waals surface area contributed by atoms with E-state index in [9.17, 15) is 4.39 Å².